The third-order valence-electron chi connectivity index (χ3n) is 15.0. The molecule has 2 aromatic rings. The van der Waals surface area contributed by atoms with E-state index < -0.39 is 124 Å². The summed E-state index contributed by atoms with van der Waals surface area (Å²) in [7, 11) is 0. The number of aliphatic carboxylic acids is 1. The Bertz CT molecular complexity index is 2470. The fourth-order valence-electron chi connectivity index (χ4n) is 11.4. The van der Waals surface area contributed by atoms with E-state index in [0.29, 0.717) is 17.5 Å². The molecule has 4 fully saturated rings. The molecule has 1 saturated heterocycles. The van der Waals surface area contributed by atoms with Crippen LogP contribution in [0.1, 0.15) is 82.8 Å². The first-order valence-electron chi connectivity index (χ1n) is 22.8. The van der Waals surface area contributed by atoms with Gasteiger partial charge in [0.25, 0.3) is 0 Å². The number of ketones is 2. The zero-order valence-corrected chi connectivity index (χ0v) is 39.6. The van der Waals surface area contributed by atoms with Crippen LogP contribution < -0.4 is 21.3 Å². The molecule has 1 unspecified atom stereocenters. The summed E-state index contributed by atoms with van der Waals surface area (Å²) in [5.74, 6) is -6.74. The number of carbonyl (C=O) groups excluding carboxylic acids is 6. The number of hydrogen-bond donors (Lipinski definition) is 8. The molecule has 4 aliphatic carbocycles. The lowest BCUT2D eigenvalue weighted by Crippen LogP contribution is -2.70. The van der Waals surface area contributed by atoms with Gasteiger partial charge in [0.1, 0.15) is 30.6 Å². The van der Waals surface area contributed by atoms with Crippen molar-refractivity contribution in [3.8, 4) is 5.75 Å². The number of aliphatic hydroxyl groups excluding tert-OH is 2. The Morgan fingerprint density at radius 1 is 0.942 bits per heavy atom. The second-order valence-corrected chi connectivity index (χ2v) is 20.2. The Labute approximate surface area is 401 Å². The van der Waals surface area contributed by atoms with Crippen molar-refractivity contribution in [2.45, 2.75) is 119 Å². The molecule has 7 rings (SSSR count). The second kappa shape index (κ2) is 19.7. The van der Waals surface area contributed by atoms with Gasteiger partial charge >= 0.3 is 5.97 Å². The predicted molar refractivity (Wildman–Crippen MR) is 246 cm³/mol. The number of ether oxygens (including phenoxy) is 2. The third kappa shape index (κ3) is 9.21. The van der Waals surface area contributed by atoms with Crippen molar-refractivity contribution in [3.63, 3.8) is 0 Å². The number of aliphatic hydroxyl groups is 2. The van der Waals surface area contributed by atoms with Gasteiger partial charge in [0.05, 0.1) is 29.6 Å². The molecule has 0 aromatic heterocycles. The van der Waals surface area contributed by atoms with E-state index in [-0.39, 0.29) is 55.7 Å². The largest absolute Gasteiger partial charge is 0.506 e. The molecule has 0 radical (unpaired) electrons. The number of carboxylic acid groups (broad SMARTS) is 1. The summed E-state index contributed by atoms with van der Waals surface area (Å²) in [6, 6.07) is 9.53. The number of benzene rings is 2. The highest BCUT2D eigenvalue weighted by Gasteiger charge is 2.80. The Balaban J connectivity index is 0.956. The number of amides is 4. The van der Waals surface area contributed by atoms with Gasteiger partial charge in [-0.05, 0) is 99.6 Å². The number of thioether (sulfide) groups is 1. The topological polar surface area (TPSA) is 267 Å². The lowest BCUT2D eigenvalue weighted by Gasteiger charge is -2.63. The molecule has 0 spiro atoms. The van der Waals surface area contributed by atoms with E-state index in [1.165, 1.54) is 39.0 Å². The summed E-state index contributed by atoms with van der Waals surface area (Å²) < 4.78 is 46.8. The maximum atomic E-state index is 17.8. The molecule has 4 amide bonds. The normalized spacial score (nSPS) is 32.2. The fourth-order valence-corrected chi connectivity index (χ4v) is 12.0. The SMILES string of the molecule is CSC(CC(=O)O)C(=O)NCCC(=O)N[C@@H](C)C(=O)N[C@@H](C)C(=O)Nc1cc(Cc2ccc([C@@H]3O[C@@H]4C[C@H]5[C@@H]6C[C@H](F)C7=CC(=O)C=C[C@]7(C)[C@@]6(F)[C@@H](O)C[C@]5(C)[C@]4(C(=O)CO)O3)cc2)ccc1O. The minimum absolute atomic E-state index is 0.0169. The average molecular weight is 981 g/mol. The van der Waals surface area contributed by atoms with Gasteiger partial charge in [-0.1, -0.05) is 43.3 Å². The van der Waals surface area contributed by atoms with Gasteiger partial charge in [-0.15, -0.1) is 0 Å². The number of nitrogens with one attached hydrogen (secondary N) is 4. The zero-order chi connectivity index (χ0) is 50.4. The number of hydrogen-bond acceptors (Lipinski definition) is 13. The van der Waals surface area contributed by atoms with Crippen LogP contribution in [0.3, 0.4) is 0 Å². The third-order valence-corrected chi connectivity index (χ3v) is 16.0. The van der Waals surface area contributed by atoms with Crippen molar-refractivity contribution in [2.75, 3.05) is 24.7 Å². The van der Waals surface area contributed by atoms with Crippen LogP contribution in [0.15, 0.2) is 66.3 Å². The molecule has 0 bridgehead atoms. The van der Waals surface area contributed by atoms with Crippen LogP contribution in [0.5, 0.6) is 5.75 Å². The molecule has 5 aliphatic rings. The van der Waals surface area contributed by atoms with Gasteiger partial charge < -0.3 is 51.2 Å². The summed E-state index contributed by atoms with van der Waals surface area (Å²) in [5.41, 5.74) is -5.01. The predicted octanol–water partition coefficient (Wildman–Crippen LogP) is 3.29. The quantitative estimate of drug-likeness (QED) is 0.106. The smallest absolute Gasteiger partial charge is 0.305 e. The van der Waals surface area contributed by atoms with Crippen molar-refractivity contribution in [3.05, 3.63) is 83.0 Å². The molecule has 13 atom stereocenters. The standard InChI is InChI=1S/C49H58F2N4O13S/c1-24(53-40(61)13-15-52-44(66)36(69-5)21-41(62)63)42(64)54-25(2)43(65)55-34-17-27(8-11-35(34)58)16-26-6-9-28(10-7-26)45-67-39-20-30-31-19-33(50)32-18-29(57)12-14-46(32,3)48(31,51)37(59)22-47(30,4)49(39,68-45)38(60)23-56/h6-12,14,17-18,24-25,30-31,33,36-37,39,45,56,58-59H,13,15-16,19-23H2,1-5H3,(H,52,66)(H,53,61)(H,54,64)(H,55,65)(H,62,63)/t24-,25-,30-,31-,33-,36?,37-,39+,45+,46-,47-,48-,49+/m0/s1. The molecule has 20 heteroatoms. The first kappa shape index (κ1) is 51.3. The minimum atomic E-state index is -2.38. The number of anilines is 1. The minimum Gasteiger partial charge on any atom is -0.506 e. The van der Waals surface area contributed by atoms with Crippen molar-refractivity contribution in [1.82, 2.24) is 16.0 Å². The molecular weight excluding hydrogens is 923 g/mol. The molecule has 3 saturated carbocycles. The summed E-state index contributed by atoms with van der Waals surface area (Å²) >= 11 is 1.07. The highest BCUT2D eigenvalue weighted by Crippen LogP contribution is 2.72. The number of halogens is 2. The van der Waals surface area contributed by atoms with Crippen molar-refractivity contribution >= 4 is 58.6 Å². The van der Waals surface area contributed by atoms with Crippen LogP contribution in [-0.4, -0.2) is 128 Å². The van der Waals surface area contributed by atoms with Crippen LogP contribution in [0.4, 0.5) is 14.5 Å². The number of carboxylic acids is 1. The number of fused-ring (bicyclic) bond motifs is 7. The molecule has 1 aliphatic heterocycles. The lowest BCUT2D eigenvalue weighted by atomic mass is 9.44. The van der Waals surface area contributed by atoms with Crippen LogP contribution in [0.2, 0.25) is 0 Å². The highest BCUT2D eigenvalue weighted by molar-refractivity contribution is 7.99. The number of Topliss-reactive ketones (excluding diaryl/α,β-unsaturated/α-hetero) is 1. The number of phenolic OH excluding ortho intramolecular Hbond substituents is 1. The summed E-state index contributed by atoms with van der Waals surface area (Å²) in [6.45, 7) is 5.03. The van der Waals surface area contributed by atoms with E-state index in [2.05, 4.69) is 21.3 Å². The molecule has 372 valence electrons. The molecule has 69 heavy (non-hydrogen) atoms. The van der Waals surface area contributed by atoms with E-state index in [1.807, 2.05) is 0 Å². The second-order valence-electron chi connectivity index (χ2n) is 19.1. The Morgan fingerprint density at radius 2 is 1.62 bits per heavy atom. The van der Waals surface area contributed by atoms with E-state index >= 15 is 8.78 Å². The van der Waals surface area contributed by atoms with Gasteiger partial charge in [0.15, 0.2) is 29.1 Å². The first-order chi connectivity index (χ1) is 32.5. The summed E-state index contributed by atoms with van der Waals surface area (Å²) in [5, 5.41) is 51.0. The van der Waals surface area contributed by atoms with Gasteiger partial charge in [0, 0.05) is 35.3 Å². The van der Waals surface area contributed by atoms with E-state index in [4.69, 9.17) is 14.6 Å². The van der Waals surface area contributed by atoms with E-state index in [1.54, 1.807) is 49.6 Å². The molecule has 17 nitrogen and oxygen atoms in total. The fraction of sp³-hybridized carbons (Fsp3) is 0.531. The Morgan fingerprint density at radius 3 is 2.29 bits per heavy atom. The maximum absolute atomic E-state index is 17.8. The van der Waals surface area contributed by atoms with Crippen molar-refractivity contribution < 1.29 is 72.2 Å². The van der Waals surface area contributed by atoms with Crippen LogP contribution in [0, 0.1) is 22.7 Å². The lowest BCUT2D eigenvalue weighted by molar-refractivity contribution is -0.235. The number of allylic oxidation sites excluding steroid dienone is 4. The molecular formula is C49H58F2N4O13S. The van der Waals surface area contributed by atoms with E-state index in [9.17, 15) is 48.9 Å². The van der Waals surface area contributed by atoms with Crippen molar-refractivity contribution in [1.29, 1.82) is 0 Å². The average Bonchev–Trinajstić information content (AvgIpc) is 3.80. The monoisotopic (exact) mass is 980 g/mol. The van der Waals surface area contributed by atoms with Gasteiger partial charge in [0.2, 0.25) is 23.6 Å². The number of alkyl halides is 2. The summed E-state index contributed by atoms with van der Waals surface area (Å²) in [4.78, 5) is 87.7. The van der Waals surface area contributed by atoms with Gasteiger partial charge in [-0.25, -0.2) is 8.78 Å². The first-order valence-corrected chi connectivity index (χ1v) is 24.1. The maximum Gasteiger partial charge on any atom is 0.305 e. The van der Waals surface area contributed by atoms with Crippen LogP contribution >= 0.6 is 11.8 Å². The number of carbonyl (C=O) groups is 7. The molecule has 2 aromatic carbocycles. The number of rotatable bonds is 17. The molecule has 1 heterocycles. The Kier molecular flexibility index (Phi) is 14.6. The Hall–Kier alpha value is -5.54. The number of aromatic hydroxyl groups is 1. The molecule has 8 N–H and O–H groups in total. The highest BCUT2D eigenvalue weighted by atomic mass is 32.2. The van der Waals surface area contributed by atoms with Crippen molar-refractivity contribution in [2.24, 2.45) is 22.7 Å². The van der Waals surface area contributed by atoms with Gasteiger partial charge in [-0.2, -0.15) is 11.8 Å². The summed E-state index contributed by atoms with van der Waals surface area (Å²) in [6.07, 6.45) is -0.871. The zero-order valence-electron chi connectivity index (χ0n) is 38.8. The van der Waals surface area contributed by atoms with Crippen LogP contribution in [0.25, 0.3) is 0 Å². The van der Waals surface area contributed by atoms with E-state index in [0.717, 1.165) is 23.4 Å². The van der Waals surface area contributed by atoms with Gasteiger partial charge in [-0.3, -0.25) is 33.6 Å². The number of phenols is 1. The van der Waals surface area contributed by atoms with Crippen LogP contribution in [-0.2, 0) is 49.5 Å².